The Labute approximate surface area is 111 Å². The summed E-state index contributed by atoms with van der Waals surface area (Å²) in [4.78, 5) is 35.0. The third kappa shape index (κ3) is 4.76. The number of hydrogen-bond donors (Lipinski definition) is 2. The van der Waals surface area contributed by atoms with Gasteiger partial charge in [-0.3, -0.25) is 9.59 Å². The molecule has 0 aromatic rings. The smallest absolute Gasteiger partial charge is 0.325 e. The van der Waals surface area contributed by atoms with Crippen LogP contribution >= 0.6 is 0 Å². The van der Waals surface area contributed by atoms with Crippen LogP contribution in [0.3, 0.4) is 0 Å². The van der Waals surface area contributed by atoms with E-state index < -0.39 is 17.9 Å². The van der Waals surface area contributed by atoms with Crippen LogP contribution in [0.2, 0.25) is 0 Å². The standard InChI is InChI=1S/C12H20N2O5/c1-14(7-10(15)19-2)12(18)13-9-5-3-4-8(6-9)11(16)17/h8-9H,3-7H2,1-2H3,(H,13,18)(H,16,17). The van der Waals surface area contributed by atoms with E-state index in [0.717, 1.165) is 12.8 Å². The van der Waals surface area contributed by atoms with Crippen LogP contribution in [0, 0.1) is 5.92 Å². The maximum absolute atomic E-state index is 11.8. The predicted octanol–water partition coefficient (Wildman–Crippen LogP) is 0.444. The molecular weight excluding hydrogens is 252 g/mol. The van der Waals surface area contributed by atoms with E-state index in [9.17, 15) is 14.4 Å². The third-order valence-corrected chi connectivity index (χ3v) is 3.29. The minimum absolute atomic E-state index is 0.128. The minimum atomic E-state index is -0.818. The van der Waals surface area contributed by atoms with Crippen LogP contribution < -0.4 is 5.32 Å². The number of nitrogens with zero attached hydrogens (tertiary/aromatic N) is 1. The number of likely N-dealkylation sites (N-methyl/N-ethyl adjacent to an activating group) is 1. The van der Waals surface area contributed by atoms with Crippen molar-refractivity contribution in [2.75, 3.05) is 20.7 Å². The normalized spacial score (nSPS) is 22.4. The van der Waals surface area contributed by atoms with Crippen molar-refractivity contribution in [3.05, 3.63) is 0 Å². The van der Waals surface area contributed by atoms with Gasteiger partial charge in [0.05, 0.1) is 13.0 Å². The Bertz CT molecular complexity index is 358. The van der Waals surface area contributed by atoms with Gasteiger partial charge >= 0.3 is 18.0 Å². The number of esters is 1. The van der Waals surface area contributed by atoms with Gasteiger partial charge in [-0.15, -0.1) is 0 Å². The van der Waals surface area contributed by atoms with E-state index in [-0.39, 0.29) is 18.6 Å². The number of urea groups is 1. The van der Waals surface area contributed by atoms with Gasteiger partial charge in [-0.25, -0.2) is 4.79 Å². The zero-order valence-corrected chi connectivity index (χ0v) is 11.2. The molecule has 7 nitrogen and oxygen atoms in total. The average Bonchev–Trinajstić information content (AvgIpc) is 2.38. The first-order valence-corrected chi connectivity index (χ1v) is 6.25. The van der Waals surface area contributed by atoms with Crippen molar-refractivity contribution < 1.29 is 24.2 Å². The molecule has 0 heterocycles. The second-order valence-corrected chi connectivity index (χ2v) is 4.78. The molecule has 0 aromatic heterocycles. The van der Waals surface area contributed by atoms with Crippen LogP contribution in [0.25, 0.3) is 0 Å². The monoisotopic (exact) mass is 272 g/mol. The van der Waals surface area contributed by atoms with Gasteiger partial charge in [-0.1, -0.05) is 6.42 Å². The maximum Gasteiger partial charge on any atom is 0.325 e. The number of aliphatic carboxylic acids is 1. The first-order valence-electron chi connectivity index (χ1n) is 6.25. The van der Waals surface area contributed by atoms with Crippen molar-refractivity contribution in [2.45, 2.75) is 31.7 Å². The van der Waals surface area contributed by atoms with Crippen LogP contribution in [0.1, 0.15) is 25.7 Å². The molecular formula is C12H20N2O5. The largest absolute Gasteiger partial charge is 0.481 e. The van der Waals surface area contributed by atoms with Gasteiger partial charge < -0.3 is 20.1 Å². The van der Waals surface area contributed by atoms with Gasteiger partial charge in [0.1, 0.15) is 6.54 Å². The molecule has 0 spiro atoms. The number of hydrogen-bond acceptors (Lipinski definition) is 4. The molecule has 2 unspecified atom stereocenters. The molecule has 1 fully saturated rings. The average molecular weight is 272 g/mol. The van der Waals surface area contributed by atoms with Gasteiger partial charge in [0, 0.05) is 13.1 Å². The van der Waals surface area contributed by atoms with E-state index >= 15 is 0 Å². The Morgan fingerprint density at radius 3 is 2.63 bits per heavy atom. The molecule has 0 saturated heterocycles. The quantitative estimate of drug-likeness (QED) is 0.724. The van der Waals surface area contributed by atoms with Gasteiger partial charge in [0.15, 0.2) is 0 Å². The number of amides is 2. The molecule has 1 aliphatic rings. The fraction of sp³-hybridized carbons (Fsp3) is 0.750. The predicted molar refractivity (Wildman–Crippen MR) is 66.6 cm³/mol. The number of carboxylic acid groups (broad SMARTS) is 1. The van der Waals surface area contributed by atoms with E-state index in [4.69, 9.17) is 5.11 Å². The summed E-state index contributed by atoms with van der Waals surface area (Å²) < 4.78 is 4.47. The zero-order valence-electron chi connectivity index (χ0n) is 11.2. The lowest BCUT2D eigenvalue weighted by Gasteiger charge is -2.29. The van der Waals surface area contributed by atoms with Crippen LogP contribution in [0.5, 0.6) is 0 Å². The molecule has 2 N–H and O–H groups in total. The van der Waals surface area contributed by atoms with Gasteiger partial charge in [0.25, 0.3) is 0 Å². The summed E-state index contributed by atoms with van der Waals surface area (Å²) in [6.45, 7) is -0.128. The summed E-state index contributed by atoms with van der Waals surface area (Å²) in [5, 5.41) is 11.7. The first-order chi connectivity index (χ1) is 8.93. The molecule has 1 saturated carbocycles. The van der Waals surface area contributed by atoms with Crippen LogP contribution in [-0.4, -0.2) is 54.7 Å². The number of carbonyl (C=O) groups excluding carboxylic acids is 2. The molecule has 0 aromatic carbocycles. The van der Waals surface area contributed by atoms with E-state index in [1.165, 1.54) is 19.1 Å². The van der Waals surface area contributed by atoms with Crippen molar-refractivity contribution in [1.82, 2.24) is 10.2 Å². The molecule has 2 atom stereocenters. The highest BCUT2D eigenvalue weighted by Crippen LogP contribution is 2.24. The summed E-state index contributed by atoms with van der Waals surface area (Å²) in [6.07, 6.45) is 2.64. The fourth-order valence-corrected chi connectivity index (χ4v) is 2.16. The number of carbonyl (C=O) groups is 3. The van der Waals surface area contributed by atoms with Crippen LogP contribution in [0.4, 0.5) is 4.79 Å². The Hall–Kier alpha value is -1.79. The Balaban J connectivity index is 2.43. The number of methoxy groups -OCH3 is 1. The van der Waals surface area contributed by atoms with Crippen molar-refractivity contribution in [1.29, 1.82) is 0 Å². The fourth-order valence-electron chi connectivity index (χ4n) is 2.16. The second kappa shape index (κ2) is 6.96. The van der Waals surface area contributed by atoms with E-state index in [1.807, 2.05) is 0 Å². The first kappa shape index (κ1) is 15.3. The molecule has 108 valence electrons. The Morgan fingerprint density at radius 1 is 1.37 bits per heavy atom. The molecule has 2 amide bonds. The highest BCUT2D eigenvalue weighted by Gasteiger charge is 2.28. The molecule has 0 aliphatic heterocycles. The van der Waals surface area contributed by atoms with Gasteiger partial charge in [0.2, 0.25) is 0 Å². The molecule has 1 aliphatic carbocycles. The summed E-state index contributed by atoms with van der Waals surface area (Å²) >= 11 is 0. The van der Waals surface area contributed by atoms with E-state index in [0.29, 0.717) is 12.8 Å². The van der Waals surface area contributed by atoms with Crippen molar-refractivity contribution >= 4 is 18.0 Å². The summed E-state index contributed by atoms with van der Waals surface area (Å²) in [5.41, 5.74) is 0. The highest BCUT2D eigenvalue weighted by atomic mass is 16.5. The van der Waals surface area contributed by atoms with E-state index in [2.05, 4.69) is 10.1 Å². The van der Waals surface area contributed by atoms with Crippen molar-refractivity contribution in [3.8, 4) is 0 Å². The van der Waals surface area contributed by atoms with Crippen molar-refractivity contribution in [2.24, 2.45) is 5.92 Å². The lowest BCUT2D eigenvalue weighted by atomic mass is 9.86. The van der Waals surface area contributed by atoms with Crippen LogP contribution in [0.15, 0.2) is 0 Å². The number of carboxylic acids is 1. The summed E-state index contributed by atoms with van der Waals surface area (Å²) in [6, 6.07) is -0.538. The SMILES string of the molecule is COC(=O)CN(C)C(=O)NC1CCCC(C(=O)O)C1. The Morgan fingerprint density at radius 2 is 2.05 bits per heavy atom. The molecule has 0 bridgehead atoms. The zero-order chi connectivity index (χ0) is 14.4. The second-order valence-electron chi connectivity index (χ2n) is 4.78. The summed E-state index contributed by atoms with van der Waals surface area (Å²) in [5.74, 6) is -1.71. The lowest BCUT2D eigenvalue weighted by Crippen LogP contribution is -2.47. The number of ether oxygens (including phenoxy) is 1. The summed E-state index contributed by atoms with van der Waals surface area (Å²) in [7, 11) is 2.75. The van der Waals surface area contributed by atoms with Crippen LogP contribution in [-0.2, 0) is 14.3 Å². The van der Waals surface area contributed by atoms with Gasteiger partial charge in [-0.05, 0) is 19.3 Å². The number of nitrogens with one attached hydrogen (secondary N) is 1. The molecule has 7 heteroatoms. The molecule has 1 rings (SSSR count). The minimum Gasteiger partial charge on any atom is -0.481 e. The van der Waals surface area contributed by atoms with E-state index in [1.54, 1.807) is 0 Å². The maximum atomic E-state index is 11.8. The van der Waals surface area contributed by atoms with Gasteiger partial charge in [-0.2, -0.15) is 0 Å². The Kier molecular flexibility index (Phi) is 5.59. The third-order valence-electron chi connectivity index (χ3n) is 3.29. The number of rotatable bonds is 4. The van der Waals surface area contributed by atoms with Crippen molar-refractivity contribution in [3.63, 3.8) is 0 Å². The highest BCUT2D eigenvalue weighted by molar-refractivity contribution is 5.80. The lowest BCUT2D eigenvalue weighted by molar-refractivity contribution is -0.143. The topological polar surface area (TPSA) is 95.9 Å². The molecule has 19 heavy (non-hydrogen) atoms. The molecule has 0 radical (unpaired) electrons.